The van der Waals surface area contributed by atoms with Crippen molar-refractivity contribution < 1.29 is 47.5 Å². The molecule has 0 aliphatic rings. The van der Waals surface area contributed by atoms with Crippen LogP contribution < -0.4 is 28.4 Å². The van der Waals surface area contributed by atoms with Crippen LogP contribution in [0.1, 0.15) is 76.6 Å². The minimum Gasteiger partial charge on any atom is -0.497 e. The lowest BCUT2D eigenvalue weighted by Crippen LogP contribution is -2.41. The van der Waals surface area contributed by atoms with Gasteiger partial charge in [0.1, 0.15) is 60.9 Å². The molecule has 12 nitrogen and oxygen atoms in total. The number of carbonyl (C=O) groups is 2. The number of ether oxygens (including phenoxy) is 8. The van der Waals surface area contributed by atoms with E-state index in [0.29, 0.717) is 45.6 Å². The first-order chi connectivity index (χ1) is 29.5. The van der Waals surface area contributed by atoms with Crippen LogP contribution in [0.3, 0.4) is 0 Å². The van der Waals surface area contributed by atoms with Gasteiger partial charge in [-0.25, -0.2) is 0 Å². The highest BCUT2D eigenvalue weighted by Gasteiger charge is 2.46. The average Bonchev–Trinajstić information content (AvgIpc) is 3.27. The molecule has 4 aromatic carbocycles. The Kier molecular flexibility index (Phi) is 14.5. The van der Waals surface area contributed by atoms with Crippen LogP contribution in [-0.2, 0) is 45.5 Å². The third kappa shape index (κ3) is 10.6. The number of hydrogen-bond donors (Lipinski definition) is 0. The van der Waals surface area contributed by atoms with Gasteiger partial charge in [-0.3, -0.25) is 19.6 Å². The summed E-state index contributed by atoms with van der Waals surface area (Å²) >= 11 is 0. The van der Waals surface area contributed by atoms with E-state index in [1.165, 1.54) is 0 Å². The molecule has 0 bridgehead atoms. The van der Waals surface area contributed by atoms with E-state index in [-0.39, 0.29) is 51.5 Å². The van der Waals surface area contributed by atoms with Crippen molar-refractivity contribution in [3.05, 3.63) is 120 Å². The fourth-order valence-corrected chi connectivity index (χ4v) is 6.84. The van der Waals surface area contributed by atoms with E-state index >= 15 is 0 Å². The molecule has 0 spiro atoms. The predicted octanol–water partition coefficient (Wildman–Crippen LogP) is 10.1. The van der Waals surface area contributed by atoms with Crippen molar-refractivity contribution in [2.75, 3.05) is 14.2 Å². The number of hydrogen-bond acceptors (Lipinski definition) is 12. The Labute approximate surface area is 357 Å². The molecular formula is C49H54N2O10. The Hall–Kier alpha value is -6.56. The smallest absolute Gasteiger partial charge is 0.323 e. The number of nitrogens with zero attached hydrogens (tertiary/aromatic N) is 2. The topological polar surface area (TPSA) is 134 Å². The molecule has 0 N–H and O–H groups in total. The van der Waals surface area contributed by atoms with E-state index in [9.17, 15) is 9.59 Å². The summed E-state index contributed by atoms with van der Waals surface area (Å²) < 4.78 is 47.3. The molecule has 0 amide bonds. The summed E-state index contributed by atoms with van der Waals surface area (Å²) in [5.74, 6) is 2.58. The summed E-state index contributed by atoms with van der Waals surface area (Å²) in [7, 11) is 3.24. The number of methoxy groups -OCH3 is 2. The second kappa shape index (κ2) is 20.1. The quantitative estimate of drug-likeness (QED) is 0.0535. The fraction of sp³-hybridized carbons (Fsp3) is 0.347. The molecule has 0 saturated carbocycles. The van der Waals surface area contributed by atoms with Gasteiger partial charge in [0, 0.05) is 23.2 Å². The highest BCUT2D eigenvalue weighted by Crippen LogP contribution is 2.35. The number of aromatic nitrogens is 2. The standard InChI is InChI=1S/C49H54N2O10/c1-9-49(10-2,47(52)58-27-33-13-11-15-39(21-33)56-29-35-25-50-43-19-17-37(54-7)23-41(43)45(35)60-31(3)4)48(53)59-28-34-14-12-16-40(22-34)57-30-36-26-51-44-20-18-38(55-8)24-42(44)46(36)61-32(5)6/h11-26,31-32H,9-10,27-30H2,1-8H3. The van der Waals surface area contributed by atoms with Gasteiger partial charge in [-0.05, 0) is 112 Å². The van der Waals surface area contributed by atoms with Crippen molar-refractivity contribution >= 4 is 33.7 Å². The Balaban J connectivity index is 1.07. The van der Waals surface area contributed by atoms with Gasteiger partial charge in [0.15, 0.2) is 5.41 Å². The molecule has 0 aliphatic heterocycles. The fourth-order valence-electron chi connectivity index (χ4n) is 6.84. The van der Waals surface area contributed by atoms with Crippen molar-refractivity contribution in [1.82, 2.24) is 9.97 Å². The molecule has 320 valence electrons. The van der Waals surface area contributed by atoms with E-state index in [1.807, 2.05) is 100 Å². The van der Waals surface area contributed by atoms with Crippen LogP contribution in [0.25, 0.3) is 21.8 Å². The normalized spacial score (nSPS) is 11.4. The second-order valence-corrected chi connectivity index (χ2v) is 15.1. The number of esters is 2. The Morgan fingerprint density at radius 1 is 0.557 bits per heavy atom. The molecule has 6 rings (SSSR count). The summed E-state index contributed by atoms with van der Waals surface area (Å²) in [6.07, 6.45) is 3.74. The molecule has 61 heavy (non-hydrogen) atoms. The molecule has 6 aromatic rings. The van der Waals surface area contributed by atoms with E-state index in [1.54, 1.807) is 52.6 Å². The summed E-state index contributed by atoms with van der Waals surface area (Å²) in [6.45, 7) is 11.7. The van der Waals surface area contributed by atoms with Crippen molar-refractivity contribution in [3.8, 4) is 34.5 Å². The maximum atomic E-state index is 13.7. The highest BCUT2D eigenvalue weighted by atomic mass is 16.6. The molecule has 0 aliphatic carbocycles. The zero-order chi connectivity index (χ0) is 43.5. The molecular weight excluding hydrogens is 777 g/mol. The van der Waals surface area contributed by atoms with Crippen LogP contribution in [0.15, 0.2) is 97.3 Å². The third-order valence-corrected chi connectivity index (χ3v) is 10.2. The molecule has 0 atom stereocenters. The van der Waals surface area contributed by atoms with Crippen molar-refractivity contribution in [1.29, 1.82) is 0 Å². The number of pyridine rings is 2. The van der Waals surface area contributed by atoms with Crippen molar-refractivity contribution in [3.63, 3.8) is 0 Å². The molecule has 0 saturated heterocycles. The molecule has 0 fully saturated rings. The number of rotatable bonds is 20. The Morgan fingerprint density at radius 3 is 1.36 bits per heavy atom. The van der Waals surface area contributed by atoms with Gasteiger partial charge < -0.3 is 37.9 Å². The first kappa shape index (κ1) is 44.0. The zero-order valence-corrected chi connectivity index (χ0v) is 36.1. The van der Waals surface area contributed by atoms with Crippen LogP contribution in [-0.4, -0.2) is 48.3 Å². The average molecular weight is 831 g/mol. The van der Waals surface area contributed by atoms with Gasteiger partial charge in [-0.1, -0.05) is 38.1 Å². The molecule has 0 unspecified atom stereocenters. The molecule has 2 aromatic heterocycles. The number of carbonyl (C=O) groups excluding carboxylic acids is 2. The van der Waals surface area contributed by atoms with E-state index < -0.39 is 17.4 Å². The largest absolute Gasteiger partial charge is 0.497 e. The van der Waals surface area contributed by atoms with E-state index in [2.05, 4.69) is 9.97 Å². The van der Waals surface area contributed by atoms with Gasteiger partial charge in [0.05, 0.1) is 48.6 Å². The van der Waals surface area contributed by atoms with Crippen LogP contribution in [0.2, 0.25) is 0 Å². The lowest BCUT2D eigenvalue weighted by Gasteiger charge is -2.27. The summed E-state index contributed by atoms with van der Waals surface area (Å²) in [6, 6.07) is 25.8. The number of benzene rings is 4. The maximum absolute atomic E-state index is 13.7. The van der Waals surface area contributed by atoms with Crippen LogP contribution in [0.4, 0.5) is 0 Å². The van der Waals surface area contributed by atoms with Crippen molar-refractivity contribution in [2.45, 2.75) is 93.0 Å². The Morgan fingerprint density at radius 2 is 0.984 bits per heavy atom. The molecule has 12 heteroatoms. The zero-order valence-electron chi connectivity index (χ0n) is 36.1. The van der Waals surface area contributed by atoms with E-state index in [4.69, 9.17) is 37.9 Å². The lowest BCUT2D eigenvalue weighted by molar-refractivity contribution is -0.175. The van der Waals surface area contributed by atoms with Crippen LogP contribution >= 0.6 is 0 Å². The minimum atomic E-state index is -1.49. The molecule has 0 radical (unpaired) electrons. The first-order valence-corrected chi connectivity index (χ1v) is 20.5. The minimum absolute atomic E-state index is 0.0618. The molecule has 2 heterocycles. The maximum Gasteiger partial charge on any atom is 0.323 e. The van der Waals surface area contributed by atoms with Gasteiger partial charge in [-0.2, -0.15) is 0 Å². The van der Waals surface area contributed by atoms with Gasteiger partial charge >= 0.3 is 11.9 Å². The van der Waals surface area contributed by atoms with Gasteiger partial charge in [-0.15, -0.1) is 0 Å². The number of fused-ring (bicyclic) bond motifs is 2. The summed E-state index contributed by atoms with van der Waals surface area (Å²) in [5.41, 5.74) is 3.00. The third-order valence-electron chi connectivity index (χ3n) is 10.2. The summed E-state index contributed by atoms with van der Waals surface area (Å²) in [4.78, 5) is 36.6. The van der Waals surface area contributed by atoms with Crippen LogP contribution in [0, 0.1) is 5.41 Å². The second-order valence-electron chi connectivity index (χ2n) is 15.1. The van der Waals surface area contributed by atoms with Crippen LogP contribution in [0.5, 0.6) is 34.5 Å². The van der Waals surface area contributed by atoms with E-state index in [0.717, 1.165) is 32.9 Å². The lowest BCUT2D eigenvalue weighted by atomic mass is 9.82. The predicted molar refractivity (Wildman–Crippen MR) is 232 cm³/mol. The monoisotopic (exact) mass is 830 g/mol. The SMILES string of the molecule is CCC(CC)(C(=O)OCc1cccc(OCc2cnc3ccc(OC)cc3c2OC(C)C)c1)C(=O)OCc1cccc(OCc2cnc3ccc(OC)cc3c2OC(C)C)c1. The summed E-state index contributed by atoms with van der Waals surface area (Å²) in [5, 5.41) is 1.65. The Bertz CT molecular complexity index is 2290. The first-order valence-electron chi connectivity index (χ1n) is 20.5. The highest BCUT2D eigenvalue weighted by molar-refractivity contribution is 6.00. The van der Waals surface area contributed by atoms with Gasteiger partial charge in [0.2, 0.25) is 0 Å². The van der Waals surface area contributed by atoms with Crippen molar-refractivity contribution in [2.24, 2.45) is 5.41 Å². The van der Waals surface area contributed by atoms with Gasteiger partial charge in [0.25, 0.3) is 0 Å².